The van der Waals surface area contributed by atoms with Gasteiger partial charge in [-0.3, -0.25) is 0 Å². The molecule has 0 radical (unpaired) electrons. The van der Waals surface area contributed by atoms with Crippen LogP contribution in [0, 0.1) is 6.92 Å². The molecule has 2 rings (SSSR count). The van der Waals surface area contributed by atoms with Crippen LogP contribution in [0.25, 0.3) is 0 Å². The van der Waals surface area contributed by atoms with Gasteiger partial charge in [0.2, 0.25) is 10.0 Å². The molecule has 1 aliphatic heterocycles. The van der Waals surface area contributed by atoms with E-state index in [1.54, 1.807) is 0 Å². The van der Waals surface area contributed by atoms with Crippen LogP contribution in [0.15, 0.2) is 24.3 Å². The minimum Gasteiger partial charge on any atom is -0.351 e. The summed E-state index contributed by atoms with van der Waals surface area (Å²) in [6, 6.07) is 7.00. The van der Waals surface area contributed by atoms with Gasteiger partial charge in [0.15, 0.2) is 0 Å². The zero-order valence-electron chi connectivity index (χ0n) is 12.2. The summed E-state index contributed by atoms with van der Waals surface area (Å²) in [5.41, 5.74) is 7.07. The highest BCUT2D eigenvalue weighted by Gasteiger charge is 2.26. The molecule has 0 unspecified atom stereocenters. The minimum atomic E-state index is -3.37. The Bertz CT molecular complexity index is 616. The molecule has 1 aromatic rings. The number of nitrogens with two attached hydrogens (primary N) is 1. The summed E-state index contributed by atoms with van der Waals surface area (Å²) in [5, 5.41) is 0. The summed E-state index contributed by atoms with van der Waals surface area (Å²) in [4.78, 5) is 12.7. The third kappa shape index (κ3) is 4.18. The van der Waals surface area contributed by atoms with Crippen molar-refractivity contribution in [2.75, 3.05) is 26.2 Å². The number of sulfonamides is 1. The molecule has 1 aliphatic rings. The van der Waals surface area contributed by atoms with E-state index in [2.05, 4.69) is 0 Å². The highest BCUT2D eigenvalue weighted by molar-refractivity contribution is 7.88. The Morgan fingerprint density at radius 1 is 1.24 bits per heavy atom. The number of nitrogens with zero attached hydrogens (tertiary/aromatic N) is 2. The van der Waals surface area contributed by atoms with Crippen molar-refractivity contribution in [1.29, 1.82) is 0 Å². The van der Waals surface area contributed by atoms with E-state index in [9.17, 15) is 13.2 Å². The molecule has 7 heteroatoms. The molecule has 0 bridgehead atoms. The maximum Gasteiger partial charge on any atom is 0.314 e. The lowest BCUT2D eigenvalue weighted by Crippen LogP contribution is -2.40. The molecule has 1 heterocycles. The van der Waals surface area contributed by atoms with E-state index in [1.807, 2.05) is 31.2 Å². The fourth-order valence-corrected chi connectivity index (χ4v) is 4.05. The van der Waals surface area contributed by atoms with Gasteiger partial charge in [-0.25, -0.2) is 13.2 Å². The lowest BCUT2D eigenvalue weighted by molar-refractivity contribution is 0.210. The van der Waals surface area contributed by atoms with Crippen LogP contribution in [0.3, 0.4) is 0 Å². The van der Waals surface area contributed by atoms with Crippen LogP contribution >= 0.6 is 0 Å². The van der Waals surface area contributed by atoms with Gasteiger partial charge in [0.25, 0.3) is 0 Å². The standard InChI is InChI=1S/C14H21N3O3S/c1-12-4-2-5-13(10-12)11-21(19,20)17-7-3-6-16(8-9-17)14(15)18/h2,4-5,10H,3,6-9,11H2,1H3,(H2,15,18). The Labute approximate surface area is 125 Å². The van der Waals surface area contributed by atoms with E-state index >= 15 is 0 Å². The van der Waals surface area contributed by atoms with Crippen LogP contribution in [-0.2, 0) is 15.8 Å². The second kappa shape index (κ2) is 6.44. The zero-order valence-corrected chi connectivity index (χ0v) is 13.0. The quantitative estimate of drug-likeness (QED) is 0.900. The van der Waals surface area contributed by atoms with E-state index in [0.29, 0.717) is 32.6 Å². The first kappa shape index (κ1) is 15.8. The summed E-state index contributed by atoms with van der Waals surface area (Å²) >= 11 is 0. The molecule has 0 saturated carbocycles. The van der Waals surface area contributed by atoms with Crippen LogP contribution in [0.2, 0.25) is 0 Å². The van der Waals surface area contributed by atoms with Crippen LogP contribution in [0.4, 0.5) is 4.79 Å². The Hall–Kier alpha value is -1.60. The Kier molecular flexibility index (Phi) is 4.84. The summed E-state index contributed by atoms with van der Waals surface area (Å²) in [5.74, 6) is -0.00868. The number of amides is 2. The van der Waals surface area contributed by atoms with Crippen LogP contribution < -0.4 is 5.73 Å². The Morgan fingerprint density at radius 2 is 2.00 bits per heavy atom. The number of primary amides is 1. The van der Waals surface area contributed by atoms with E-state index in [1.165, 1.54) is 9.21 Å². The third-order valence-corrected chi connectivity index (χ3v) is 5.44. The average molecular weight is 311 g/mol. The monoisotopic (exact) mass is 311 g/mol. The second-order valence-electron chi connectivity index (χ2n) is 5.32. The fraction of sp³-hybridized carbons (Fsp3) is 0.500. The highest BCUT2D eigenvalue weighted by atomic mass is 32.2. The number of urea groups is 1. The van der Waals surface area contributed by atoms with Gasteiger partial charge in [0, 0.05) is 26.2 Å². The first-order chi connectivity index (χ1) is 9.88. The molecule has 21 heavy (non-hydrogen) atoms. The smallest absolute Gasteiger partial charge is 0.314 e. The van der Waals surface area contributed by atoms with E-state index in [-0.39, 0.29) is 5.75 Å². The fourth-order valence-electron chi connectivity index (χ4n) is 2.50. The van der Waals surface area contributed by atoms with Crippen molar-refractivity contribution >= 4 is 16.1 Å². The van der Waals surface area contributed by atoms with Gasteiger partial charge in [-0.05, 0) is 18.9 Å². The summed E-state index contributed by atoms with van der Waals surface area (Å²) in [6.07, 6.45) is 0.607. The van der Waals surface area contributed by atoms with Gasteiger partial charge in [-0.15, -0.1) is 0 Å². The number of aryl methyl sites for hydroxylation is 1. The minimum absolute atomic E-state index is 0.00868. The van der Waals surface area contributed by atoms with Crippen molar-refractivity contribution in [2.24, 2.45) is 5.73 Å². The maximum absolute atomic E-state index is 12.5. The lowest BCUT2D eigenvalue weighted by Gasteiger charge is -2.21. The zero-order chi connectivity index (χ0) is 15.5. The molecule has 0 atom stereocenters. The van der Waals surface area contributed by atoms with Gasteiger partial charge < -0.3 is 10.6 Å². The number of carbonyl (C=O) groups is 1. The van der Waals surface area contributed by atoms with Crippen LogP contribution in [-0.4, -0.2) is 49.8 Å². The molecule has 0 spiro atoms. The number of benzene rings is 1. The van der Waals surface area contributed by atoms with E-state index in [4.69, 9.17) is 5.73 Å². The van der Waals surface area contributed by atoms with Crippen molar-refractivity contribution in [3.8, 4) is 0 Å². The first-order valence-electron chi connectivity index (χ1n) is 6.96. The largest absolute Gasteiger partial charge is 0.351 e. The van der Waals surface area contributed by atoms with E-state index in [0.717, 1.165) is 11.1 Å². The molecular weight excluding hydrogens is 290 g/mol. The van der Waals surface area contributed by atoms with Crippen molar-refractivity contribution in [3.05, 3.63) is 35.4 Å². The summed E-state index contributed by atoms with van der Waals surface area (Å²) < 4.78 is 26.4. The topological polar surface area (TPSA) is 83.7 Å². The van der Waals surface area contributed by atoms with E-state index < -0.39 is 16.1 Å². The Balaban J connectivity index is 2.07. The average Bonchev–Trinajstić information content (AvgIpc) is 2.64. The molecule has 2 N–H and O–H groups in total. The van der Waals surface area contributed by atoms with Gasteiger partial charge >= 0.3 is 6.03 Å². The molecular formula is C14H21N3O3S. The predicted molar refractivity (Wildman–Crippen MR) is 81.1 cm³/mol. The maximum atomic E-state index is 12.5. The predicted octanol–water partition coefficient (Wildman–Crippen LogP) is 0.911. The Morgan fingerprint density at radius 3 is 2.67 bits per heavy atom. The molecule has 1 saturated heterocycles. The van der Waals surface area contributed by atoms with Crippen LogP contribution in [0.1, 0.15) is 17.5 Å². The second-order valence-corrected chi connectivity index (χ2v) is 7.29. The SMILES string of the molecule is Cc1cccc(CS(=O)(=O)N2CCCN(C(N)=O)CC2)c1. The lowest BCUT2D eigenvalue weighted by atomic mass is 10.2. The van der Waals surface area contributed by atoms with Gasteiger partial charge in [0.05, 0.1) is 5.75 Å². The number of hydrogen-bond donors (Lipinski definition) is 1. The molecule has 0 aliphatic carbocycles. The van der Waals surface area contributed by atoms with Crippen molar-refractivity contribution in [2.45, 2.75) is 19.1 Å². The summed E-state index contributed by atoms with van der Waals surface area (Å²) in [7, 11) is -3.37. The summed E-state index contributed by atoms with van der Waals surface area (Å²) in [6.45, 7) is 3.52. The van der Waals surface area contributed by atoms with Gasteiger partial charge in [-0.2, -0.15) is 4.31 Å². The molecule has 1 aromatic carbocycles. The van der Waals surface area contributed by atoms with Crippen molar-refractivity contribution in [3.63, 3.8) is 0 Å². The number of hydrogen-bond acceptors (Lipinski definition) is 3. The highest BCUT2D eigenvalue weighted by Crippen LogP contribution is 2.14. The normalized spacial score (nSPS) is 17.5. The third-order valence-electron chi connectivity index (χ3n) is 3.59. The molecule has 1 fully saturated rings. The first-order valence-corrected chi connectivity index (χ1v) is 8.57. The molecule has 0 aromatic heterocycles. The van der Waals surface area contributed by atoms with Crippen molar-refractivity contribution < 1.29 is 13.2 Å². The molecule has 2 amide bonds. The van der Waals surface area contributed by atoms with Gasteiger partial charge in [-0.1, -0.05) is 29.8 Å². The van der Waals surface area contributed by atoms with Crippen LogP contribution in [0.5, 0.6) is 0 Å². The van der Waals surface area contributed by atoms with Crippen molar-refractivity contribution in [1.82, 2.24) is 9.21 Å². The molecule has 6 nitrogen and oxygen atoms in total. The number of carbonyl (C=O) groups excluding carboxylic acids is 1. The molecule has 116 valence electrons. The van der Waals surface area contributed by atoms with Gasteiger partial charge in [0.1, 0.15) is 0 Å². The number of rotatable bonds is 3.